The highest BCUT2D eigenvalue weighted by atomic mass is 16.2. The van der Waals surface area contributed by atoms with E-state index >= 15 is 0 Å². The van der Waals surface area contributed by atoms with E-state index in [9.17, 15) is 4.79 Å². The van der Waals surface area contributed by atoms with Gasteiger partial charge in [-0.1, -0.05) is 30.3 Å². The fourth-order valence-electron chi connectivity index (χ4n) is 3.19. The van der Waals surface area contributed by atoms with Gasteiger partial charge in [-0.2, -0.15) is 0 Å². The van der Waals surface area contributed by atoms with Crippen molar-refractivity contribution >= 4 is 11.9 Å². The van der Waals surface area contributed by atoms with Gasteiger partial charge < -0.3 is 5.32 Å². The van der Waals surface area contributed by atoms with Crippen LogP contribution in [-0.4, -0.2) is 33.8 Å². The Balaban J connectivity index is 1.78. The minimum atomic E-state index is -0.407. The van der Waals surface area contributed by atoms with E-state index in [1.165, 1.54) is 5.56 Å². The minimum Gasteiger partial charge on any atom is -0.317 e. The molecule has 1 aliphatic rings. The Labute approximate surface area is 142 Å². The number of benzene rings is 1. The third kappa shape index (κ3) is 3.64. The summed E-state index contributed by atoms with van der Waals surface area (Å²) >= 11 is 0. The van der Waals surface area contributed by atoms with Gasteiger partial charge in [-0.15, -0.1) is 5.10 Å². The van der Waals surface area contributed by atoms with Crippen molar-refractivity contribution in [2.75, 3.05) is 18.4 Å². The second-order valence-electron chi connectivity index (χ2n) is 6.79. The molecule has 2 heterocycles. The molecule has 0 unspecified atom stereocenters. The maximum atomic E-state index is 13.0. The van der Waals surface area contributed by atoms with Crippen LogP contribution in [0.25, 0.3) is 0 Å². The Bertz CT molecular complexity index is 674. The van der Waals surface area contributed by atoms with E-state index in [0.717, 1.165) is 32.4 Å². The van der Waals surface area contributed by atoms with Crippen LogP contribution in [0.2, 0.25) is 0 Å². The number of aromatic nitrogens is 3. The summed E-state index contributed by atoms with van der Waals surface area (Å²) in [5.74, 6) is 0.411. The van der Waals surface area contributed by atoms with Gasteiger partial charge in [0, 0.05) is 6.04 Å². The molecule has 2 N–H and O–H groups in total. The first-order valence-electron chi connectivity index (χ1n) is 8.56. The molecule has 1 fully saturated rings. The quantitative estimate of drug-likeness (QED) is 0.884. The van der Waals surface area contributed by atoms with Gasteiger partial charge in [0.25, 0.3) is 0 Å². The summed E-state index contributed by atoms with van der Waals surface area (Å²) in [6, 6.07) is 10.4. The number of carbonyl (C=O) groups is 1. The van der Waals surface area contributed by atoms with E-state index in [-0.39, 0.29) is 11.9 Å². The Morgan fingerprint density at radius 3 is 2.62 bits per heavy atom. The summed E-state index contributed by atoms with van der Waals surface area (Å²) in [5, 5.41) is 10.6. The molecular weight excluding hydrogens is 302 g/mol. The molecule has 1 aromatic carbocycles. The van der Waals surface area contributed by atoms with Crippen molar-refractivity contribution < 1.29 is 4.79 Å². The number of hydrogen-bond donors (Lipinski definition) is 2. The van der Waals surface area contributed by atoms with Gasteiger partial charge in [0.2, 0.25) is 11.9 Å². The average molecular weight is 327 g/mol. The van der Waals surface area contributed by atoms with Gasteiger partial charge in [0.1, 0.15) is 6.33 Å². The van der Waals surface area contributed by atoms with E-state index in [4.69, 9.17) is 0 Å². The van der Waals surface area contributed by atoms with Gasteiger partial charge in [-0.05, 0) is 51.8 Å². The van der Waals surface area contributed by atoms with Crippen LogP contribution >= 0.6 is 0 Å². The molecule has 0 spiro atoms. The number of nitrogens with zero attached hydrogens (tertiary/aromatic N) is 3. The molecule has 1 amide bonds. The first kappa shape index (κ1) is 16.6. The summed E-state index contributed by atoms with van der Waals surface area (Å²) in [6.07, 6.45) is 4.04. The van der Waals surface area contributed by atoms with Crippen LogP contribution in [0.5, 0.6) is 0 Å². The van der Waals surface area contributed by atoms with Crippen molar-refractivity contribution in [3.05, 3.63) is 42.2 Å². The van der Waals surface area contributed by atoms with Crippen LogP contribution in [0.1, 0.15) is 38.3 Å². The van der Waals surface area contributed by atoms with Crippen molar-refractivity contribution in [3.8, 4) is 0 Å². The second kappa shape index (κ2) is 7.13. The number of nitrogens with one attached hydrogen (secondary N) is 2. The summed E-state index contributed by atoms with van der Waals surface area (Å²) < 4.78 is 1.75. The number of anilines is 1. The fraction of sp³-hybridized carbons (Fsp3) is 0.500. The van der Waals surface area contributed by atoms with Crippen molar-refractivity contribution in [1.82, 2.24) is 20.1 Å². The topological polar surface area (TPSA) is 71.8 Å². The van der Waals surface area contributed by atoms with Crippen molar-refractivity contribution in [3.63, 3.8) is 0 Å². The van der Waals surface area contributed by atoms with Crippen molar-refractivity contribution in [2.24, 2.45) is 5.41 Å². The van der Waals surface area contributed by atoms with E-state index < -0.39 is 5.41 Å². The van der Waals surface area contributed by atoms with Crippen LogP contribution in [0.3, 0.4) is 0 Å². The molecule has 1 saturated heterocycles. The standard InChI is InChI=1S/C18H25N5O/c1-14(2)23-13-20-17(22-23)21-16(24)18(8-10-19-11-9-18)12-15-6-4-3-5-7-15/h3-7,13-14,19H,8-12H2,1-2H3,(H,21,22,24). The first-order chi connectivity index (χ1) is 11.6. The summed E-state index contributed by atoms with van der Waals surface area (Å²) in [7, 11) is 0. The van der Waals surface area contributed by atoms with E-state index in [2.05, 4.69) is 32.8 Å². The minimum absolute atomic E-state index is 0.0226. The third-order valence-corrected chi connectivity index (χ3v) is 4.69. The zero-order valence-corrected chi connectivity index (χ0v) is 14.3. The molecule has 128 valence electrons. The molecule has 1 aliphatic heterocycles. The van der Waals surface area contributed by atoms with E-state index in [0.29, 0.717) is 5.95 Å². The number of hydrogen-bond acceptors (Lipinski definition) is 4. The average Bonchev–Trinajstić information content (AvgIpc) is 3.05. The molecule has 0 aliphatic carbocycles. The van der Waals surface area contributed by atoms with Crippen LogP contribution < -0.4 is 10.6 Å². The maximum absolute atomic E-state index is 13.0. The number of carbonyl (C=O) groups excluding carboxylic acids is 1. The van der Waals surface area contributed by atoms with Crippen molar-refractivity contribution in [1.29, 1.82) is 0 Å². The molecule has 1 aromatic heterocycles. The van der Waals surface area contributed by atoms with Crippen LogP contribution in [0, 0.1) is 5.41 Å². The zero-order chi connectivity index (χ0) is 17.0. The smallest absolute Gasteiger partial charge is 0.248 e. The highest BCUT2D eigenvalue weighted by Gasteiger charge is 2.40. The summed E-state index contributed by atoms with van der Waals surface area (Å²) in [6.45, 7) is 5.77. The predicted molar refractivity (Wildman–Crippen MR) is 93.7 cm³/mol. The largest absolute Gasteiger partial charge is 0.317 e. The Hall–Kier alpha value is -2.21. The molecule has 6 nitrogen and oxygen atoms in total. The Morgan fingerprint density at radius 2 is 2.00 bits per heavy atom. The van der Waals surface area contributed by atoms with E-state index in [1.54, 1.807) is 11.0 Å². The maximum Gasteiger partial charge on any atom is 0.248 e. The third-order valence-electron chi connectivity index (χ3n) is 4.69. The molecule has 24 heavy (non-hydrogen) atoms. The molecule has 0 radical (unpaired) electrons. The molecule has 3 rings (SSSR count). The number of rotatable bonds is 5. The monoisotopic (exact) mass is 327 g/mol. The Morgan fingerprint density at radius 1 is 1.29 bits per heavy atom. The molecule has 0 saturated carbocycles. The highest BCUT2D eigenvalue weighted by Crippen LogP contribution is 2.34. The predicted octanol–water partition coefficient (Wildman–Crippen LogP) is 2.41. The normalized spacial score (nSPS) is 17.0. The molecule has 2 aromatic rings. The second-order valence-corrected chi connectivity index (χ2v) is 6.79. The van der Waals surface area contributed by atoms with Gasteiger partial charge in [-0.25, -0.2) is 9.67 Å². The Kier molecular flexibility index (Phi) is 4.94. The molecular formula is C18H25N5O. The van der Waals surface area contributed by atoms with Crippen molar-refractivity contribution in [2.45, 2.75) is 39.2 Å². The van der Waals surface area contributed by atoms with Gasteiger partial charge in [0.15, 0.2) is 0 Å². The first-order valence-corrected chi connectivity index (χ1v) is 8.56. The lowest BCUT2D eigenvalue weighted by molar-refractivity contribution is -0.127. The molecule has 0 atom stereocenters. The van der Waals surface area contributed by atoms with Crippen LogP contribution in [-0.2, 0) is 11.2 Å². The lowest BCUT2D eigenvalue weighted by Crippen LogP contribution is -2.46. The summed E-state index contributed by atoms with van der Waals surface area (Å²) in [5.41, 5.74) is 0.783. The number of piperidine rings is 1. The van der Waals surface area contributed by atoms with Crippen LogP contribution in [0.4, 0.5) is 5.95 Å². The molecule has 6 heteroatoms. The van der Waals surface area contributed by atoms with Gasteiger partial charge >= 0.3 is 0 Å². The zero-order valence-electron chi connectivity index (χ0n) is 14.3. The lowest BCUT2D eigenvalue weighted by atomic mass is 9.73. The lowest BCUT2D eigenvalue weighted by Gasteiger charge is -2.36. The number of amides is 1. The van der Waals surface area contributed by atoms with Gasteiger partial charge in [-0.3, -0.25) is 10.1 Å². The van der Waals surface area contributed by atoms with Gasteiger partial charge in [0.05, 0.1) is 5.41 Å². The summed E-state index contributed by atoms with van der Waals surface area (Å²) in [4.78, 5) is 17.3. The SMILES string of the molecule is CC(C)n1cnc(NC(=O)C2(Cc3ccccc3)CCNCC2)n1. The fourth-order valence-corrected chi connectivity index (χ4v) is 3.19. The highest BCUT2D eigenvalue weighted by molar-refractivity contribution is 5.94. The van der Waals surface area contributed by atoms with Crippen LogP contribution in [0.15, 0.2) is 36.7 Å². The van der Waals surface area contributed by atoms with E-state index in [1.807, 2.05) is 32.0 Å². The molecule has 0 bridgehead atoms.